The lowest BCUT2D eigenvalue weighted by molar-refractivity contribution is -0.127. The second-order valence-electron chi connectivity index (χ2n) is 6.07. The smallest absolute Gasteiger partial charge is 0.408 e. The molecule has 0 aliphatic rings. The Morgan fingerprint density at radius 1 is 1.16 bits per heavy atom. The van der Waals surface area contributed by atoms with Gasteiger partial charge in [0.15, 0.2) is 11.8 Å². The van der Waals surface area contributed by atoms with E-state index in [0.29, 0.717) is 6.42 Å². The van der Waals surface area contributed by atoms with E-state index in [9.17, 15) is 14.4 Å². The van der Waals surface area contributed by atoms with E-state index >= 15 is 0 Å². The molecule has 0 saturated carbocycles. The number of nitriles is 1. The standard InChI is InChI=1S/C18H23N3O4/c1-12(2)9-15(17(23)20-16(10-19)13(3)22)21-18(24)25-11-14-7-5-4-6-8-14/h4-8,12,15-16H,9,11H2,1-3H3,(H,20,23)(H,21,24)/t15-,16?/m0/s1. The van der Waals surface area contributed by atoms with Gasteiger partial charge in [0.25, 0.3) is 0 Å². The molecule has 0 spiro atoms. The number of amides is 2. The summed E-state index contributed by atoms with van der Waals surface area (Å²) in [7, 11) is 0. The molecule has 7 nitrogen and oxygen atoms in total. The van der Waals surface area contributed by atoms with E-state index < -0.39 is 29.9 Å². The molecule has 1 aromatic rings. The molecule has 0 radical (unpaired) electrons. The second-order valence-corrected chi connectivity index (χ2v) is 6.07. The van der Waals surface area contributed by atoms with Crippen molar-refractivity contribution in [3.63, 3.8) is 0 Å². The van der Waals surface area contributed by atoms with E-state index in [-0.39, 0.29) is 12.5 Å². The van der Waals surface area contributed by atoms with Gasteiger partial charge in [0, 0.05) is 0 Å². The number of benzene rings is 1. The SMILES string of the molecule is CC(=O)C(C#N)NC(=O)[C@H](CC(C)C)NC(=O)OCc1ccccc1. The number of Topliss-reactive ketones (excluding diaryl/α,β-unsaturated/α-hetero) is 1. The lowest BCUT2D eigenvalue weighted by atomic mass is 10.0. The maximum Gasteiger partial charge on any atom is 0.408 e. The molecule has 2 amide bonds. The highest BCUT2D eigenvalue weighted by Crippen LogP contribution is 2.07. The quantitative estimate of drug-likeness (QED) is 0.748. The van der Waals surface area contributed by atoms with E-state index in [1.54, 1.807) is 6.07 Å². The van der Waals surface area contributed by atoms with Gasteiger partial charge in [-0.2, -0.15) is 5.26 Å². The van der Waals surface area contributed by atoms with Gasteiger partial charge in [-0.3, -0.25) is 9.59 Å². The first-order valence-electron chi connectivity index (χ1n) is 8.01. The van der Waals surface area contributed by atoms with Crippen LogP contribution in [-0.2, 0) is 20.9 Å². The molecule has 0 heterocycles. The van der Waals surface area contributed by atoms with Gasteiger partial charge >= 0.3 is 6.09 Å². The topological polar surface area (TPSA) is 108 Å². The molecule has 1 unspecified atom stereocenters. The Kier molecular flexibility index (Phi) is 8.13. The molecule has 2 N–H and O–H groups in total. The van der Waals surface area contributed by atoms with Crippen LogP contribution in [0, 0.1) is 17.2 Å². The zero-order valence-corrected chi connectivity index (χ0v) is 14.6. The van der Waals surface area contributed by atoms with Crippen LogP contribution in [0.2, 0.25) is 0 Å². The van der Waals surface area contributed by atoms with Crippen LogP contribution in [0.1, 0.15) is 32.8 Å². The van der Waals surface area contributed by atoms with Crippen molar-refractivity contribution in [3.8, 4) is 6.07 Å². The Bertz CT molecular complexity index is 637. The van der Waals surface area contributed by atoms with E-state index in [1.807, 2.05) is 44.2 Å². The van der Waals surface area contributed by atoms with Gasteiger partial charge < -0.3 is 15.4 Å². The summed E-state index contributed by atoms with van der Waals surface area (Å²) in [5.74, 6) is -0.944. The number of hydrogen-bond donors (Lipinski definition) is 2. The lowest BCUT2D eigenvalue weighted by Gasteiger charge is -2.21. The highest BCUT2D eigenvalue weighted by molar-refractivity contribution is 5.92. The van der Waals surface area contributed by atoms with Crippen LogP contribution >= 0.6 is 0 Å². The van der Waals surface area contributed by atoms with Gasteiger partial charge in [0.05, 0.1) is 6.07 Å². The molecule has 0 bridgehead atoms. The van der Waals surface area contributed by atoms with E-state index in [2.05, 4.69) is 10.6 Å². The highest BCUT2D eigenvalue weighted by Gasteiger charge is 2.26. The van der Waals surface area contributed by atoms with Crippen molar-refractivity contribution in [1.82, 2.24) is 10.6 Å². The number of nitrogens with one attached hydrogen (secondary N) is 2. The molecule has 0 fully saturated rings. The van der Waals surface area contributed by atoms with Gasteiger partial charge in [0.2, 0.25) is 5.91 Å². The van der Waals surface area contributed by atoms with Gasteiger partial charge in [0.1, 0.15) is 12.6 Å². The van der Waals surface area contributed by atoms with Crippen LogP contribution in [0.25, 0.3) is 0 Å². The van der Waals surface area contributed by atoms with Crippen LogP contribution < -0.4 is 10.6 Å². The molecule has 2 atom stereocenters. The number of nitrogens with zero attached hydrogens (tertiary/aromatic N) is 1. The Morgan fingerprint density at radius 2 is 1.80 bits per heavy atom. The van der Waals surface area contributed by atoms with Crippen molar-refractivity contribution in [2.45, 2.75) is 45.9 Å². The minimum absolute atomic E-state index is 0.0803. The predicted octanol–water partition coefficient (Wildman–Crippen LogP) is 1.92. The van der Waals surface area contributed by atoms with E-state index in [1.165, 1.54) is 6.92 Å². The van der Waals surface area contributed by atoms with Crippen molar-refractivity contribution in [2.75, 3.05) is 0 Å². The number of ketones is 1. The third-order valence-corrected chi connectivity index (χ3v) is 3.35. The van der Waals surface area contributed by atoms with Gasteiger partial charge in [-0.05, 0) is 24.8 Å². The van der Waals surface area contributed by atoms with Crippen LogP contribution in [0.3, 0.4) is 0 Å². The number of carbonyl (C=O) groups is 3. The largest absolute Gasteiger partial charge is 0.445 e. The van der Waals surface area contributed by atoms with E-state index in [0.717, 1.165) is 5.56 Å². The number of carbonyl (C=O) groups excluding carboxylic acids is 3. The van der Waals surface area contributed by atoms with E-state index in [4.69, 9.17) is 10.00 Å². The Labute approximate surface area is 147 Å². The average molecular weight is 345 g/mol. The highest BCUT2D eigenvalue weighted by atomic mass is 16.5. The second kappa shape index (κ2) is 10.1. The molecule has 0 aromatic heterocycles. The first kappa shape index (κ1) is 20.2. The summed E-state index contributed by atoms with van der Waals surface area (Å²) in [6, 6.07) is 8.74. The molecular weight excluding hydrogens is 322 g/mol. The fourth-order valence-corrected chi connectivity index (χ4v) is 2.08. The first-order valence-corrected chi connectivity index (χ1v) is 8.01. The molecular formula is C18H23N3O4. The molecule has 7 heteroatoms. The van der Waals surface area contributed by atoms with Crippen molar-refractivity contribution < 1.29 is 19.1 Å². The normalized spacial score (nSPS) is 12.6. The van der Waals surface area contributed by atoms with Crippen molar-refractivity contribution in [3.05, 3.63) is 35.9 Å². The maximum atomic E-state index is 12.3. The van der Waals surface area contributed by atoms with Gasteiger partial charge in [-0.1, -0.05) is 44.2 Å². The van der Waals surface area contributed by atoms with Crippen LogP contribution in [0.5, 0.6) is 0 Å². The first-order chi connectivity index (χ1) is 11.8. The number of rotatable bonds is 8. The van der Waals surface area contributed by atoms with Crippen LogP contribution in [0.4, 0.5) is 4.79 Å². The molecule has 0 aliphatic heterocycles. The summed E-state index contributed by atoms with van der Waals surface area (Å²) < 4.78 is 5.11. The molecule has 25 heavy (non-hydrogen) atoms. The summed E-state index contributed by atoms with van der Waals surface area (Å²) in [6.45, 7) is 5.08. The summed E-state index contributed by atoms with van der Waals surface area (Å²) in [5, 5.41) is 13.7. The van der Waals surface area contributed by atoms with Gasteiger partial charge in [-0.15, -0.1) is 0 Å². The lowest BCUT2D eigenvalue weighted by Crippen LogP contribution is -2.51. The zero-order chi connectivity index (χ0) is 18.8. The van der Waals surface area contributed by atoms with Crippen molar-refractivity contribution in [1.29, 1.82) is 5.26 Å². The average Bonchev–Trinajstić information content (AvgIpc) is 2.57. The van der Waals surface area contributed by atoms with Crippen LogP contribution in [0.15, 0.2) is 30.3 Å². The maximum absolute atomic E-state index is 12.3. The summed E-state index contributed by atoms with van der Waals surface area (Å²) in [4.78, 5) is 35.5. The van der Waals surface area contributed by atoms with Gasteiger partial charge in [-0.25, -0.2) is 4.79 Å². The Morgan fingerprint density at radius 3 is 2.32 bits per heavy atom. The van der Waals surface area contributed by atoms with Crippen molar-refractivity contribution >= 4 is 17.8 Å². The fourth-order valence-electron chi connectivity index (χ4n) is 2.08. The fraction of sp³-hybridized carbons (Fsp3) is 0.444. The van der Waals surface area contributed by atoms with Crippen LogP contribution in [-0.4, -0.2) is 29.9 Å². The predicted molar refractivity (Wildman–Crippen MR) is 91.2 cm³/mol. The minimum Gasteiger partial charge on any atom is -0.445 e. The number of hydrogen-bond acceptors (Lipinski definition) is 5. The third kappa shape index (κ3) is 7.48. The monoisotopic (exact) mass is 345 g/mol. The number of alkyl carbamates (subject to hydrolysis) is 1. The Balaban J connectivity index is 2.65. The molecule has 134 valence electrons. The number of ether oxygens (including phenoxy) is 1. The third-order valence-electron chi connectivity index (χ3n) is 3.35. The summed E-state index contributed by atoms with van der Waals surface area (Å²) >= 11 is 0. The van der Waals surface area contributed by atoms with Crippen molar-refractivity contribution in [2.24, 2.45) is 5.92 Å². The molecule has 1 aromatic carbocycles. The molecule has 1 rings (SSSR count). The molecule has 0 saturated heterocycles. The minimum atomic E-state index is -1.23. The Hall–Kier alpha value is -2.88. The zero-order valence-electron chi connectivity index (χ0n) is 14.6. The summed E-state index contributed by atoms with van der Waals surface area (Å²) in [5.41, 5.74) is 0.823. The summed E-state index contributed by atoms with van der Waals surface area (Å²) in [6.07, 6.45) is -0.386. The molecule has 0 aliphatic carbocycles.